The summed E-state index contributed by atoms with van der Waals surface area (Å²) in [6.07, 6.45) is 1.01. The molecule has 5 nitrogen and oxygen atoms in total. The maximum Gasteiger partial charge on any atom is 0.248 e. The maximum atomic E-state index is 11.3. The smallest absolute Gasteiger partial charge is 0.248 e. The van der Waals surface area contributed by atoms with Gasteiger partial charge in [-0.2, -0.15) is 0 Å². The van der Waals surface area contributed by atoms with Gasteiger partial charge in [-0.25, -0.2) is 4.98 Å². The Morgan fingerprint density at radius 1 is 1.00 bits per heavy atom. The molecule has 4 aromatic rings. The van der Waals surface area contributed by atoms with Crippen molar-refractivity contribution in [1.82, 2.24) is 9.97 Å². The van der Waals surface area contributed by atoms with Crippen LogP contribution in [0, 0.1) is 0 Å². The number of primary amides is 1. The fourth-order valence-electron chi connectivity index (χ4n) is 2.91. The number of hydrogen-bond donors (Lipinski definition) is 2. The normalized spacial score (nSPS) is 10.9. The van der Waals surface area contributed by atoms with Gasteiger partial charge in [0.2, 0.25) is 5.91 Å². The van der Waals surface area contributed by atoms with E-state index in [1.54, 1.807) is 12.1 Å². The van der Waals surface area contributed by atoms with Crippen LogP contribution in [0.2, 0.25) is 0 Å². The summed E-state index contributed by atoms with van der Waals surface area (Å²) in [5.41, 5.74) is 9.54. The van der Waals surface area contributed by atoms with E-state index in [2.05, 4.69) is 29.0 Å². The van der Waals surface area contributed by atoms with E-state index >= 15 is 0 Å². The largest absolute Gasteiger partial charge is 0.457 e. The third-order valence-electron chi connectivity index (χ3n) is 4.46. The summed E-state index contributed by atoms with van der Waals surface area (Å²) in [5.74, 6) is 1.83. The fourth-order valence-corrected chi connectivity index (χ4v) is 2.91. The molecule has 0 atom stereocenters. The molecule has 4 rings (SSSR count). The highest BCUT2D eigenvalue weighted by atomic mass is 16.5. The molecule has 0 spiro atoms. The van der Waals surface area contributed by atoms with E-state index in [0.717, 1.165) is 34.8 Å². The molecular weight excluding hydrogens is 338 g/mol. The maximum absolute atomic E-state index is 11.3. The first-order valence-electron chi connectivity index (χ1n) is 8.79. The van der Waals surface area contributed by atoms with Crippen LogP contribution >= 0.6 is 0 Å². The van der Waals surface area contributed by atoms with Gasteiger partial charge < -0.3 is 15.5 Å². The zero-order valence-electron chi connectivity index (χ0n) is 14.9. The summed E-state index contributed by atoms with van der Waals surface area (Å²) in [5, 5.41) is 0. The minimum atomic E-state index is -0.463. The first-order chi connectivity index (χ1) is 13.1. The van der Waals surface area contributed by atoms with Crippen molar-refractivity contribution < 1.29 is 9.53 Å². The third kappa shape index (κ3) is 3.53. The Bertz CT molecular complexity index is 1100. The van der Waals surface area contributed by atoms with Crippen molar-refractivity contribution in [1.29, 1.82) is 0 Å². The quantitative estimate of drug-likeness (QED) is 0.544. The first kappa shape index (κ1) is 16.8. The van der Waals surface area contributed by atoms with Crippen LogP contribution in [0.3, 0.4) is 0 Å². The SMILES string of the molecule is CCc1ccc(Oc2ccc(-c3nc4cc(C(N)=O)ccc4[nH]3)cc2)cc1. The molecule has 5 heteroatoms. The van der Waals surface area contributed by atoms with Crippen molar-refractivity contribution in [2.24, 2.45) is 5.73 Å². The summed E-state index contributed by atoms with van der Waals surface area (Å²) < 4.78 is 5.89. The van der Waals surface area contributed by atoms with Crippen LogP contribution in [-0.4, -0.2) is 15.9 Å². The molecule has 0 fully saturated rings. The number of imidazole rings is 1. The molecule has 0 radical (unpaired) electrons. The Morgan fingerprint density at radius 3 is 2.30 bits per heavy atom. The first-order valence-corrected chi connectivity index (χ1v) is 8.79. The zero-order chi connectivity index (χ0) is 18.8. The Labute approximate surface area is 156 Å². The number of fused-ring (bicyclic) bond motifs is 1. The van der Waals surface area contributed by atoms with Crippen molar-refractivity contribution in [3.63, 3.8) is 0 Å². The van der Waals surface area contributed by atoms with Crippen molar-refractivity contribution in [2.75, 3.05) is 0 Å². The van der Waals surface area contributed by atoms with Crippen molar-refractivity contribution >= 4 is 16.9 Å². The van der Waals surface area contributed by atoms with Crippen molar-refractivity contribution in [3.05, 3.63) is 77.9 Å². The number of H-pyrrole nitrogens is 1. The minimum absolute atomic E-state index is 0.443. The van der Waals surface area contributed by atoms with Gasteiger partial charge >= 0.3 is 0 Å². The van der Waals surface area contributed by atoms with E-state index in [-0.39, 0.29) is 0 Å². The molecule has 0 bridgehead atoms. The Balaban J connectivity index is 1.56. The van der Waals surface area contributed by atoms with Crippen LogP contribution in [0.25, 0.3) is 22.4 Å². The number of carbonyl (C=O) groups excluding carboxylic acids is 1. The van der Waals surface area contributed by atoms with E-state index in [4.69, 9.17) is 10.5 Å². The van der Waals surface area contributed by atoms with Gasteiger partial charge in [0.25, 0.3) is 0 Å². The van der Waals surface area contributed by atoms with E-state index in [1.807, 2.05) is 42.5 Å². The molecule has 1 aromatic heterocycles. The van der Waals surface area contributed by atoms with Crippen LogP contribution in [0.1, 0.15) is 22.8 Å². The average Bonchev–Trinajstić information content (AvgIpc) is 3.12. The highest BCUT2D eigenvalue weighted by molar-refractivity contribution is 5.96. The minimum Gasteiger partial charge on any atom is -0.457 e. The fraction of sp³-hybridized carbons (Fsp3) is 0.0909. The topological polar surface area (TPSA) is 81.0 Å². The molecule has 0 aliphatic rings. The predicted molar refractivity (Wildman–Crippen MR) is 106 cm³/mol. The van der Waals surface area contributed by atoms with E-state index in [1.165, 1.54) is 5.56 Å². The number of nitrogens with one attached hydrogen (secondary N) is 1. The van der Waals surface area contributed by atoms with Crippen molar-refractivity contribution in [3.8, 4) is 22.9 Å². The second-order valence-corrected chi connectivity index (χ2v) is 6.31. The lowest BCUT2D eigenvalue weighted by atomic mass is 10.2. The highest BCUT2D eigenvalue weighted by Gasteiger charge is 2.08. The van der Waals surface area contributed by atoms with E-state index in [0.29, 0.717) is 11.1 Å². The average molecular weight is 357 g/mol. The molecule has 0 aliphatic carbocycles. The molecule has 0 saturated carbocycles. The summed E-state index contributed by atoms with van der Waals surface area (Å²) in [6, 6.07) is 21.0. The molecule has 3 N–H and O–H groups in total. The summed E-state index contributed by atoms with van der Waals surface area (Å²) in [7, 11) is 0. The molecule has 3 aromatic carbocycles. The molecular formula is C22H19N3O2. The van der Waals surface area contributed by atoms with Gasteiger partial charge in [-0.1, -0.05) is 19.1 Å². The number of ether oxygens (including phenoxy) is 1. The highest BCUT2D eigenvalue weighted by Crippen LogP contribution is 2.26. The number of aromatic amines is 1. The van der Waals surface area contributed by atoms with Gasteiger partial charge in [0.05, 0.1) is 11.0 Å². The summed E-state index contributed by atoms with van der Waals surface area (Å²) >= 11 is 0. The predicted octanol–water partition coefficient (Wildman–Crippen LogP) is 4.68. The molecule has 0 saturated heterocycles. The molecule has 1 heterocycles. The van der Waals surface area contributed by atoms with Gasteiger partial charge in [-0.05, 0) is 66.6 Å². The number of aryl methyl sites for hydroxylation is 1. The van der Waals surface area contributed by atoms with Crippen LogP contribution in [-0.2, 0) is 6.42 Å². The molecule has 134 valence electrons. The lowest BCUT2D eigenvalue weighted by Crippen LogP contribution is -2.10. The number of amides is 1. The van der Waals surface area contributed by atoms with Crippen LogP contribution < -0.4 is 10.5 Å². The van der Waals surface area contributed by atoms with Crippen molar-refractivity contribution in [2.45, 2.75) is 13.3 Å². The second-order valence-electron chi connectivity index (χ2n) is 6.31. The number of hydrogen-bond acceptors (Lipinski definition) is 3. The summed E-state index contributed by atoms with van der Waals surface area (Å²) in [4.78, 5) is 19.1. The monoisotopic (exact) mass is 357 g/mol. The van der Waals surface area contributed by atoms with E-state index in [9.17, 15) is 4.79 Å². The number of nitrogens with zero attached hydrogens (tertiary/aromatic N) is 1. The number of rotatable bonds is 5. The number of benzene rings is 3. The second kappa shape index (κ2) is 6.96. The van der Waals surface area contributed by atoms with E-state index < -0.39 is 5.91 Å². The molecule has 0 aliphatic heterocycles. The van der Waals surface area contributed by atoms with Gasteiger partial charge in [0.15, 0.2) is 0 Å². The molecule has 1 amide bonds. The van der Waals surface area contributed by atoms with Gasteiger partial charge in [0.1, 0.15) is 17.3 Å². The van der Waals surface area contributed by atoms with Crippen LogP contribution in [0.5, 0.6) is 11.5 Å². The Hall–Kier alpha value is -3.60. The standard InChI is InChI=1S/C22H19N3O2/c1-2-14-3-8-17(9-4-14)27-18-10-5-15(6-11-18)22-24-19-12-7-16(21(23)26)13-20(19)25-22/h3-13H,2H2,1H3,(H2,23,26)(H,24,25). The number of carbonyl (C=O) groups is 1. The van der Waals surface area contributed by atoms with Gasteiger partial charge in [-0.15, -0.1) is 0 Å². The Morgan fingerprint density at radius 2 is 1.67 bits per heavy atom. The number of nitrogens with two attached hydrogens (primary N) is 1. The lowest BCUT2D eigenvalue weighted by molar-refractivity contribution is 0.100. The van der Waals surface area contributed by atoms with Crippen LogP contribution in [0.4, 0.5) is 0 Å². The van der Waals surface area contributed by atoms with Gasteiger partial charge in [0, 0.05) is 11.1 Å². The molecule has 0 unspecified atom stereocenters. The zero-order valence-corrected chi connectivity index (χ0v) is 14.9. The number of aromatic nitrogens is 2. The summed E-state index contributed by atoms with van der Waals surface area (Å²) in [6.45, 7) is 2.13. The lowest BCUT2D eigenvalue weighted by Gasteiger charge is -2.07. The Kier molecular flexibility index (Phi) is 4.34. The van der Waals surface area contributed by atoms with Crippen LogP contribution in [0.15, 0.2) is 66.7 Å². The van der Waals surface area contributed by atoms with Gasteiger partial charge in [-0.3, -0.25) is 4.79 Å². The molecule has 27 heavy (non-hydrogen) atoms. The third-order valence-corrected chi connectivity index (χ3v) is 4.46.